The maximum atomic E-state index is 12.9. The van der Waals surface area contributed by atoms with Gasteiger partial charge in [0.05, 0.1) is 5.56 Å². The molecule has 1 amide bonds. The molecule has 0 saturated carbocycles. The lowest BCUT2D eigenvalue weighted by Crippen LogP contribution is -2.39. The van der Waals surface area contributed by atoms with Crippen LogP contribution in [-0.4, -0.2) is 43.4 Å². The summed E-state index contributed by atoms with van der Waals surface area (Å²) in [4.78, 5) is 28.0. The molecule has 3 heterocycles. The lowest BCUT2D eigenvalue weighted by molar-refractivity contribution is 0.0702. The van der Waals surface area contributed by atoms with E-state index in [1.807, 2.05) is 47.6 Å². The van der Waals surface area contributed by atoms with Crippen LogP contribution in [0.5, 0.6) is 0 Å². The first-order valence-corrected chi connectivity index (χ1v) is 9.69. The van der Waals surface area contributed by atoms with Gasteiger partial charge in [-0.25, -0.2) is 15.0 Å². The third kappa shape index (κ3) is 3.88. The second kappa shape index (κ2) is 8.21. The van der Waals surface area contributed by atoms with E-state index < -0.39 is 0 Å². The van der Waals surface area contributed by atoms with Gasteiger partial charge in [0.1, 0.15) is 5.82 Å². The third-order valence-electron chi connectivity index (χ3n) is 5.09. The van der Waals surface area contributed by atoms with Gasteiger partial charge in [-0.1, -0.05) is 18.2 Å². The van der Waals surface area contributed by atoms with Crippen LogP contribution in [0.3, 0.4) is 0 Å². The Labute approximate surface area is 164 Å². The van der Waals surface area contributed by atoms with Gasteiger partial charge in [-0.2, -0.15) is 0 Å². The van der Waals surface area contributed by atoms with Crippen LogP contribution in [0.25, 0.3) is 0 Å². The molecule has 144 valence electrons. The number of anilines is 2. The van der Waals surface area contributed by atoms with Crippen molar-refractivity contribution in [2.24, 2.45) is 0 Å². The monoisotopic (exact) mass is 376 g/mol. The lowest BCUT2D eigenvalue weighted by atomic mass is 9.96. The van der Waals surface area contributed by atoms with Gasteiger partial charge in [-0.05, 0) is 31.9 Å². The second-order valence-electron chi connectivity index (χ2n) is 6.95. The Kier molecular flexibility index (Phi) is 5.32. The van der Waals surface area contributed by atoms with Gasteiger partial charge in [0.15, 0.2) is 0 Å². The highest BCUT2D eigenvalue weighted by Crippen LogP contribution is 2.26. The van der Waals surface area contributed by atoms with E-state index in [4.69, 9.17) is 0 Å². The van der Waals surface area contributed by atoms with Crippen LogP contribution >= 0.6 is 0 Å². The SMILES string of the molecule is CCn1ccnc1[C@H]1CCCN(C(=O)c2cnc(Nc3ccccc3)nc2)C1. The zero-order valence-electron chi connectivity index (χ0n) is 16.0. The lowest BCUT2D eigenvalue weighted by Gasteiger charge is -2.32. The van der Waals surface area contributed by atoms with Gasteiger partial charge in [0, 0.05) is 56.0 Å². The Morgan fingerprint density at radius 2 is 1.96 bits per heavy atom. The quantitative estimate of drug-likeness (QED) is 0.738. The summed E-state index contributed by atoms with van der Waals surface area (Å²) >= 11 is 0. The van der Waals surface area contributed by atoms with Crippen LogP contribution in [0.2, 0.25) is 0 Å². The molecule has 1 saturated heterocycles. The second-order valence-corrected chi connectivity index (χ2v) is 6.95. The average Bonchev–Trinajstić information content (AvgIpc) is 3.24. The number of carbonyl (C=O) groups excluding carboxylic acids is 1. The molecule has 0 spiro atoms. The highest BCUT2D eigenvalue weighted by atomic mass is 16.2. The van der Waals surface area contributed by atoms with E-state index in [0.717, 1.165) is 37.4 Å². The topological polar surface area (TPSA) is 75.9 Å². The molecule has 1 atom stereocenters. The number of hydrogen-bond acceptors (Lipinski definition) is 5. The molecule has 0 aliphatic carbocycles. The zero-order chi connectivity index (χ0) is 19.3. The van der Waals surface area contributed by atoms with Gasteiger partial charge >= 0.3 is 0 Å². The van der Waals surface area contributed by atoms with Crippen LogP contribution in [0.1, 0.15) is 41.9 Å². The van der Waals surface area contributed by atoms with E-state index in [9.17, 15) is 4.79 Å². The largest absolute Gasteiger partial charge is 0.338 e. The Bertz CT molecular complexity index is 922. The van der Waals surface area contributed by atoms with Gasteiger partial charge in [-0.15, -0.1) is 0 Å². The third-order valence-corrected chi connectivity index (χ3v) is 5.09. The predicted octanol–water partition coefficient (Wildman–Crippen LogP) is 3.46. The van der Waals surface area contributed by atoms with Crippen molar-refractivity contribution in [2.45, 2.75) is 32.2 Å². The van der Waals surface area contributed by atoms with E-state index >= 15 is 0 Å². The molecule has 1 aliphatic rings. The minimum absolute atomic E-state index is 0.0226. The standard InChI is InChI=1S/C21H24N6O/c1-2-26-12-10-22-19(26)16-7-6-11-27(15-16)20(28)17-13-23-21(24-14-17)25-18-8-4-3-5-9-18/h3-5,8-10,12-14,16H,2,6-7,11,15H2,1H3,(H,23,24,25)/t16-/m0/s1. The van der Waals surface area contributed by atoms with E-state index in [2.05, 4.69) is 31.8 Å². The average molecular weight is 376 g/mol. The molecule has 0 radical (unpaired) electrons. The molecule has 28 heavy (non-hydrogen) atoms. The van der Waals surface area contributed by atoms with E-state index in [1.54, 1.807) is 12.4 Å². The number of carbonyl (C=O) groups is 1. The van der Waals surface area contributed by atoms with Gasteiger partial charge in [0.2, 0.25) is 5.95 Å². The van der Waals surface area contributed by atoms with Crippen molar-refractivity contribution in [2.75, 3.05) is 18.4 Å². The van der Waals surface area contributed by atoms with E-state index in [-0.39, 0.29) is 11.8 Å². The first kappa shape index (κ1) is 18.2. The molecule has 1 fully saturated rings. The number of aromatic nitrogens is 4. The maximum absolute atomic E-state index is 12.9. The number of nitrogens with one attached hydrogen (secondary N) is 1. The van der Waals surface area contributed by atoms with E-state index in [1.165, 1.54) is 0 Å². The number of rotatable bonds is 5. The number of likely N-dealkylation sites (tertiary alicyclic amines) is 1. The summed E-state index contributed by atoms with van der Waals surface area (Å²) in [6.45, 7) is 4.44. The van der Waals surface area contributed by atoms with Gasteiger partial charge in [-0.3, -0.25) is 4.79 Å². The summed E-state index contributed by atoms with van der Waals surface area (Å²) in [5, 5.41) is 3.13. The highest BCUT2D eigenvalue weighted by Gasteiger charge is 2.28. The van der Waals surface area contributed by atoms with Crippen molar-refractivity contribution >= 4 is 17.5 Å². The number of imidazole rings is 1. The Morgan fingerprint density at radius 3 is 2.71 bits per heavy atom. The molecule has 7 nitrogen and oxygen atoms in total. The fraction of sp³-hybridized carbons (Fsp3) is 0.333. The summed E-state index contributed by atoms with van der Waals surface area (Å²) in [5.74, 6) is 1.79. The summed E-state index contributed by atoms with van der Waals surface area (Å²) in [6, 6.07) is 9.72. The minimum Gasteiger partial charge on any atom is -0.338 e. The molecule has 1 N–H and O–H groups in total. The number of nitrogens with zero attached hydrogens (tertiary/aromatic N) is 5. The first-order chi connectivity index (χ1) is 13.7. The molecule has 1 aliphatic heterocycles. The maximum Gasteiger partial charge on any atom is 0.257 e. The van der Waals surface area contributed by atoms with Crippen molar-refractivity contribution in [1.82, 2.24) is 24.4 Å². The van der Waals surface area contributed by atoms with Gasteiger partial charge < -0.3 is 14.8 Å². The smallest absolute Gasteiger partial charge is 0.257 e. The summed E-state index contributed by atoms with van der Waals surface area (Å²) in [6.07, 6.45) is 9.06. The van der Waals surface area contributed by atoms with Crippen molar-refractivity contribution in [3.63, 3.8) is 0 Å². The normalized spacial score (nSPS) is 16.8. The highest BCUT2D eigenvalue weighted by molar-refractivity contribution is 5.93. The minimum atomic E-state index is -0.0226. The molecule has 4 rings (SSSR count). The molecule has 0 bridgehead atoms. The Balaban J connectivity index is 1.43. The van der Waals surface area contributed by atoms with Crippen LogP contribution in [-0.2, 0) is 6.54 Å². The first-order valence-electron chi connectivity index (χ1n) is 9.69. The van der Waals surface area contributed by atoms with Crippen molar-refractivity contribution < 1.29 is 4.79 Å². The molecule has 7 heteroatoms. The molecule has 2 aromatic heterocycles. The van der Waals surface area contributed by atoms with Crippen LogP contribution in [0.4, 0.5) is 11.6 Å². The molecule has 3 aromatic rings. The summed E-state index contributed by atoms with van der Waals surface area (Å²) in [7, 11) is 0. The summed E-state index contributed by atoms with van der Waals surface area (Å²) in [5.41, 5.74) is 1.42. The number of hydrogen-bond donors (Lipinski definition) is 1. The number of para-hydroxylation sites is 1. The van der Waals surface area contributed by atoms with Crippen molar-refractivity contribution in [3.05, 3.63) is 66.5 Å². The number of benzene rings is 1. The fourth-order valence-electron chi connectivity index (χ4n) is 3.66. The van der Waals surface area contributed by atoms with Crippen LogP contribution in [0, 0.1) is 0 Å². The Hall–Kier alpha value is -3.22. The number of amides is 1. The summed E-state index contributed by atoms with van der Waals surface area (Å²) < 4.78 is 2.16. The zero-order valence-corrected chi connectivity index (χ0v) is 16.0. The Morgan fingerprint density at radius 1 is 1.18 bits per heavy atom. The predicted molar refractivity (Wildman–Crippen MR) is 108 cm³/mol. The van der Waals surface area contributed by atoms with Crippen LogP contribution < -0.4 is 5.32 Å². The number of piperidine rings is 1. The van der Waals surface area contributed by atoms with E-state index in [0.29, 0.717) is 18.1 Å². The van der Waals surface area contributed by atoms with Gasteiger partial charge in [0.25, 0.3) is 5.91 Å². The van der Waals surface area contributed by atoms with Crippen molar-refractivity contribution in [1.29, 1.82) is 0 Å². The molecule has 0 unspecified atom stereocenters. The number of aryl methyl sites for hydroxylation is 1. The molecular weight excluding hydrogens is 352 g/mol. The molecular formula is C21H24N6O. The fourth-order valence-corrected chi connectivity index (χ4v) is 3.66. The van der Waals surface area contributed by atoms with Crippen molar-refractivity contribution in [3.8, 4) is 0 Å². The van der Waals surface area contributed by atoms with Crippen LogP contribution in [0.15, 0.2) is 55.1 Å². The molecule has 1 aromatic carbocycles.